The minimum Gasteiger partial charge on any atom is -0.369 e. The summed E-state index contributed by atoms with van der Waals surface area (Å²) in [4.78, 5) is 26.7. The van der Waals surface area contributed by atoms with Crippen molar-refractivity contribution in [3.8, 4) is 0 Å². The molecule has 2 aromatic carbocycles. The lowest BCUT2D eigenvalue weighted by molar-refractivity contribution is -0.384. The van der Waals surface area contributed by atoms with Crippen LogP contribution in [-0.4, -0.2) is 48.6 Å². The Labute approximate surface area is 219 Å². The second-order valence-electron chi connectivity index (χ2n) is 9.92. The van der Waals surface area contributed by atoms with E-state index in [9.17, 15) is 15.0 Å². The van der Waals surface area contributed by atoms with E-state index in [1.807, 2.05) is 12.1 Å². The Bertz CT molecular complexity index is 1170. The molecule has 0 spiro atoms. The molecule has 194 valence electrons. The summed E-state index contributed by atoms with van der Waals surface area (Å²) in [5.41, 5.74) is 6.62. The van der Waals surface area contributed by atoms with Crippen molar-refractivity contribution in [1.82, 2.24) is 4.90 Å². The van der Waals surface area contributed by atoms with Gasteiger partial charge in [-0.3, -0.25) is 15.0 Å². The van der Waals surface area contributed by atoms with E-state index in [0.29, 0.717) is 18.9 Å². The summed E-state index contributed by atoms with van der Waals surface area (Å²) >= 11 is 0. The minimum absolute atomic E-state index is 0.0717. The van der Waals surface area contributed by atoms with Gasteiger partial charge in [0.15, 0.2) is 0 Å². The van der Waals surface area contributed by atoms with Gasteiger partial charge in [-0.1, -0.05) is 35.5 Å². The molecule has 7 nitrogen and oxygen atoms in total. The highest BCUT2D eigenvalue weighted by Crippen LogP contribution is 2.36. The van der Waals surface area contributed by atoms with Crippen LogP contribution in [0.3, 0.4) is 0 Å². The SMILES string of the molecule is CC(C)N1CCN(c2ccc(/C(=C(/CCCN=O)C3=CCCC=C3)c3ccc([N+](=O)[O-])cc3)cc2)CC1. The molecule has 0 saturated carbocycles. The van der Waals surface area contributed by atoms with Crippen LogP contribution in [-0.2, 0) is 0 Å². The molecule has 0 radical (unpaired) electrons. The largest absolute Gasteiger partial charge is 0.369 e. The first-order valence-electron chi connectivity index (χ1n) is 13.2. The van der Waals surface area contributed by atoms with Crippen molar-refractivity contribution in [1.29, 1.82) is 0 Å². The summed E-state index contributed by atoms with van der Waals surface area (Å²) < 4.78 is 0. The zero-order valence-electron chi connectivity index (χ0n) is 21.8. The van der Waals surface area contributed by atoms with E-state index in [1.54, 1.807) is 12.1 Å². The molecule has 1 saturated heterocycles. The maximum Gasteiger partial charge on any atom is 0.269 e. The zero-order chi connectivity index (χ0) is 26.2. The number of piperazine rings is 1. The predicted octanol–water partition coefficient (Wildman–Crippen LogP) is 6.75. The molecular weight excluding hydrogens is 464 g/mol. The first-order valence-corrected chi connectivity index (χ1v) is 13.2. The Balaban J connectivity index is 1.73. The summed E-state index contributed by atoms with van der Waals surface area (Å²) in [6.45, 7) is 8.88. The van der Waals surface area contributed by atoms with Crippen molar-refractivity contribution in [3.05, 3.63) is 104 Å². The van der Waals surface area contributed by atoms with Crippen molar-refractivity contribution < 1.29 is 4.92 Å². The van der Waals surface area contributed by atoms with Gasteiger partial charge in [0, 0.05) is 50.0 Å². The van der Waals surface area contributed by atoms with E-state index >= 15 is 0 Å². The highest BCUT2D eigenvalue weighted by Gasteiger charge is 2.20. The van der Waals surface area contributed by atoms with Crippen LogP contribution in [0, 0.1) is 15.0 Å². The van der Waals surface area contributed by atoms with Crippen molar-refractivity contribution >= 4 is 16.9 Å². The Kier molecular flexibility index (Phi) is 9.01. The molecule has 0 aromatic heterocycles. The van der Waals surface area contributed by atoms with Crippen LogP contribution in [0.1, 0.15) is 50.7 Å². The molecule has 0 bridgehead atoms. The average Bonchev–Trinajstić information content (AvgIpc) is 2.93. The summed E-state index contributed by atoms with van der Waals surface area (Å²) in [6, 6.07) is 16.0. The van der Waals surface area contributed by atoms with E-state index < -0.39 is 0 Å². The van der Waals surface area contributed by atoms with E-state index in [1.165, 1.54) is 5.69 Å². The third-order valence-corrected chi connectivity index (χ3v) is 7.25. The van der Waals surface area contributed by atoms with E-state index in [4.69, 9.17) is 0 Å². The lowest BCUT2D eigenvalue weighted by Gasteiger charge is -2.38. The summed E-state index contributed by atoms with van der Waals surface area (Å²) in [5.74, 6) is 0. The number of nitro benzene ring substituents is 1. The molecule has 1 fully saturated rings. The van der Waals surface area contributed by atoms with Gasteiger partial charge in [0.05, 0.1) is 11.5 Å². The molecule has 1 aliphatic carbocycles. The molecule has 7 heteroatoms. The molecule has 1 aliphatic heterocycles. The van der Waals surface area contributed by atoms with Crippen LogP contribution in [0.5, 0.6) is 0 Å². The molecular formula is C30H36N4O3. The molecule has 0 amide bonds. The fraction of sp³-hybridized carbons (Fsp3) is 0.400. The topological polar surface area (TPSA) is 79.0 Å². The number of rotatable bonds is 10. The van der Waals surface area contributed by atoms with Gasteiger partial charge in [0.2, 0.25) is 0 Å². The molecule has 2 aliphatic rings. The number of hydrogen-bond acceptors (Lipinski definition) is 6. The van der Waals surface area contributed by atoms with E-state index in [2.05, 4.69) is 71.3 Å². The van der Waals surface area contributed by atoms with Crippen molar-refractivity contribution in [2.75, 3.05) is 37.6 Å². The number of anilines is 1. The fourth-order valence-electron chi connectivity index (χ4n) is 5.17. The first kappa shape index (κ1) is 26.5. The number of benzene rings is 2. The second-order valence-corrected chi connectivity index (χ2v) is 9.92. The molecule has 4 rings (SSSR count). The lowest BCUT2D eigenvalue weighted by Crippen LogP contribution is -2.48. The van der Waals surface area contributed by atoms with Crippen LogP contribution in [0.15, 0.2) is 83.1 Å². The van der Waals surface area contributed by atoms with Crippen LogP contribution >= 0.6 is 0 Å². The van der Waals surface area contributed by atoms with Crippen LogP contribution < -0.4 is 4.90 Å². The zero-order valence-corrected chi connectivity index (χ0v) is 21.8. The maximum atomic E-state index is 11.3. The lowest BCUT2D eigenvalue weighted by atomic mass is 9.85. The van der Waals surface area contributed by atoms with Gasteiger partial charge in [-0.05, 0) is 91.6 Å². The third kappa shape index (κ3) is 6.60. The standard InChI is InChI=1S/C30H36N4O3/c1-23(2)32-19-21-33(22-20-32)27-14-10-25(11-15-27)30(26-12-16-28(17-13-26)34(36)37)29(9-6-18-31-35)24-7-4-3-5-8-24/h4,7-8,10-17,23H,3,5-6,9,18-22H2,1-2H3/b30-29+. The first-order chi connectivity index (χ1) is 18.0. The minimum atomic E-state index is -0.371. The highest BCUT2D eigenvalue weighted by molar-refractivity contribution is 5.86. The van der Waals surface area contributed by atoms with Gasteiger partial charge in [0.1, 0.15) is 0 Å². The molecule has 0 N–H and O–H groups in total. The second kappa shape index (κ2) is 12.6. The van der Waals surface area contributed by atoms with Crippen molar-refractivity contribution in [2.24, 2.45) is 5.18 Å². The Morgan fingerprint density at radius 1 is 0.973 bits per heavy atom. The number of hydrogen-bond donors (Lipinski definition) is 0. The number of non-ortho nitro benzene ring substituents is 1. The Morgan fingerprint density at radius 3 is 2.16 bits per heavy atom. The molecule has 37 heavy (non-hydrogen) atoms. The number of nitroso groups, excluding NO2 is 1. The maximum absolute atomic E-state index is 11.3. The number of nitro groups is 1. The van der Waals surface area contributed by atoms with Crippen molar-refractivity contribution in [3.63, 3.8) is 0 Å². The van der Waals surface area contributed by atoms with E-state index in [0.717, 1.165) is 66.9 Å². The highest BCUT2D eigenvalue weighted by atomic mass is 16.6. The molecule has 0 unspecified atom stereocenters. The summed E-state index contributed by atoms with van der Waals surface area (Å²) in [6.07, 6.45) is 9.92. The number of nitrogens with zero attached hydrogens (tertiary/aromatic N) is 4. The molecule has 1 heterocycles. The van der Waals surface area contributed by atoms with Gasteiger partial charge in [-0.25, -0.2) is 0 Å². The van der Waals surface area contributed by atoms with Gasteiger partial charge in [-0.15, -0.1) is 0 Å². The normalized spacial score (nSPS) is 16.9. The van der Waals surface area contributed by atoms with Crippen LogP contribution in [0.4, 0.5) is 11.4 Å². The van der Waals surface area contributed by atoms with Crippen LogP contribution in [0.25, 0.3) is 5.57 Å². The fourth-order valence-corrected chi connectivity index (χ4v) is 5.17. The quantitative estimate of drug-likeness (QED) is 0.156. The predicted molar refractivity (Wildman–Crippen MR) is 151 cm³/mol. The smallest absolute Gasteiger partial charge is 0.269 e. The Morgan fingerprint density at radius 2 is 1.62 bits per heavy atom. The molecule has 2 aromatic rings. The molecule has 0 atom stereocenters. The summed E-state index contributed by atoms with van der Waals surface area (Å²) in [7, 11) is 0. The van der Waals surface area contributed by atoms with Crippen LogP contribution in [0.2, 0.25) is 0 Å². The van der Waals surface area contributed by atoms with E-state index in [-0.39, 0.29) is 17.2 Å². The Hall–Kier alpha value is -3.58. The van der Waals surface area contributed by atoms with Crippen molar-refractivity contribution in [2.45, 2.75) is 45.6 Å². The third-order valence-electron chi connectivity index (χ3n) is 7.25. The average molecular weight is 501 g/mol. The summed E-state index contributed by atoms with van der Waals surface area (Å²) in [5, 5.41) is 14.4. The number of allylic oxidation sites excluding steroid dienone is 5. The van der Waals surface area contributed by atoms with Gasteiger partial charge < -0.3 is 4.90 Å². The van der Waals surface area contributed by atoms with Gasteiger partial charge in [-0.2, -0.15) is 4.91 Å². The monoisotopic (exact) mass is 500 g/mol. The van der Waals surface area contributed by atoms with Gasteiger partial charge in [0.25, 0.3) is 5.69 Å². The van der Waals surface area contributed by atoms with Gasteiger partial charge >= 0.3 is 0 Å².